The summed E-state index contributed by atoms with van der Waals surface area (Å²) < 4.78 is 50.7. The first-order chi connectivity index (χ1) is 9.01. The molecule has 1 unspecified atom stereocenters. The molecule has 1 aromatic carbocycles. The number of halogens is 4. The van der Waals surface area contributed by atoms with Gasteiger partial charge in [0, 0.05) is 6.54 Å². The molecular formula is C13H15F4NO2. The second-order valence-electron chi connectivity index (χ2n) is 4.82. The van der Waals surface area contributed by atoms with Crippen molar-refractivity contribution in [2.24, 2.45) is 0 Å². The third-order valence-corrected chi connectivity index (χ3v) is 2.59. The summed E-state index contributed by atoms with van der Waals surface area (Å²) in [5, 5.41) is 11.9. The van der Waals surface area contributed by atoms with E-state index < -0.39 is 29.4 Å². The first-order valence-corrected chi connectivity index (χ1v) is 5.84. The molecule has 0 saturated heterocycles. The van der Waals surface area contributed by atoms with Gasteiger partial charge in [-0.2, -0.15) is 13.2 Å². The van der Waals surface area contributed by atoms with E-state index in [-0.39, 0.29) is 12.1 Å². The maximum Gasteiger partial charge on any atom is 0.416 e. The normalized spacial score (nSPS) is 13.9. The van der Waals surface area contributed by atoms with Crippen molar-refractivity contribution >= 4 is 5.91 Å². The van der Waals surface area contributed by atoms with E-state index in [0.29, 0.717) is 0 Å². The topological polar surface area (TPSA) is 49.3 Å². The van der Waals surface area contributed by atoms with Crippen LogP contribution in [0.25, 0.3) is 0 Å². The Hall–Kier alpha value is -1.63. The van der Waals surface area contributed by atoms with Crippen molar-refractivity contribution in [2.75, 3.05) is 6.54 Å². The van der Waals surface area contributed by atoms with E-state index in [1.54, 1.807) is 0 Å². The lowest BCUT2D eigenvalue weighted by Gasteiger charge is -2.17. The van der Waals surface area contributed by atoms with Gasteiger partial charge in [-0.05, 0) is 31.5 Å². The van der Waals surface area contributed by atoms with Crippen molar-refractivity contribution in [1.29, 1.82) is 0 Å². The van der Waals surface area contributed by atoms with Gasteiger partial charge in [0.1, 0.15) is 0 Å². The van der Waals surface area contributed by atoms with Crippen LogP contribution in [0, 0.1) is 0 Å². The summed E-state index contributed by atoms with van der Waals surface area (Å²) in [6.07, 6.45) is -5.86. The van der Waals surface area contributed by atoms with E-state index in [1.165, 1.54) is 6.07 Å². The van der Waals surface area contributed by atoms with Crippen LogP contribution in [0.15, 0.2) is 24.3 Å². The lowest BCUT2D eigenvalue weighted by atomic mass is 10.1. The average molecular weight is 293 g/mol. The van der Waals surface area contributed by atoms with Crippen LogP contribution in [0.2, 0.25) is 0 Å². The van der Waals surface area contributed by atoms with Crippen molar-refractivity contribution in [3.8, 4) is 0 Å². The van der Waals surface area contributed by atoms with E-state index in [2.05, 4.69) is 5.32 Å². The summed E-state index contributed by atoms with van der Waals surface area (Å²) >= 11 is 0. The third-order valence-electron chi connectivity index (χ3n) is 2.59. The Morgan fingerprint density at radius 2 is 1.90 bits per heavy atom. The maximum atomic E-state index is 13.2. The van der Waals surface area contributed by atoms with E-state index >= 15 is 0 Å². The molecule has 0 heterocycles. The Morgan fingerprint density at radius 3 is 2.40 bits per heavy atom. The second kappa shape index (κ2) is 5.78. The number of benzene rings is 1. The number of aliphatic hydroxyl groups excluding tert-OH is 1. The summed E-state index contributed by atoms with van der Waals surface area (Å²) in [5.74, 6) is -0.941. The predicted molar refractivity (Wildman–Crippen MR) is 64.6 cm³/mol. The van der Waals surface area contributed by atoms with E-state index in [4.69, 9.17) is 0 Å². The molecule has 0 bridgehead atoms. The van der Waals surface area contributed by atoms with Crippen LogP contribution < -0.4 is 5.32 Å². The Bertz CT molecular complexity index is 480. The Labute approximate surface area is 113 Å². The SMILES string of the molecule is CC(C)(F)C(=O)NCC(O)c1cccc(C(F)(F)F)c1. The fourth-order valence-corrected chi connectivity index (χ4v) is 1.44. The van der Waals surface area contributed by atoms with Gasteiger partial charge in [0.2, 0.25) is 0 Å². The number of alkyl halides is 4. The largest absolute Gasteiger partial charge is 0.416 e. The quantitative estimate of drug-likeness (QED) is 0.838. The zero-order valence-electron chi connectivity index (χ0n) is 11.0. The number of nitrogens with one attached hydrogen (secondary N) is 1. The van der Waals surface area contributed by atoms with Crippen LogP contribution in [-0.2, 0) is 11.0 Å². The van der Waals surface area contributed by atoms with Gasteiger partial charge in [-0.1, -0.05) is 12.1 Å². The van der Waals surface area contributed by atoms with Gasteiger partial charge in [0.15, 0.2) is 5.67 Å². The molecular weight excluding hydrogens is 278 g/mol. The summed E-state index contributed by atoms with van der Waals surface area (Å²) in [6, 6.07) is 4.12. The zero-order chi connectivity index (χ0) is 15.6. The van der Waals surface area contributed by atoms with Gasteiger partial charge in [0.25, 0.3) is 5.91 Å². The van der Waals surface area contributed by atoms with Gasteiger partial charge >= 0.3 is 6.18 Å². The molecule has 0 aromatic heterocycles. The minimum atomic E-state index is -4.51. The molecule has 0 aliphatic rings. The first kappa shape index (κ1) is 16.4. The van der Waals surface area contributed by atoms with Gasteiger partial charge in [0.05, 0.1) is 11.7 Å². The van der Waals surface area contributed by atoms with Crippen molar-refractivity contribution in [1.82, 2.24) is 5.32 Å². The number of hydrogen-bond acceptors (Lipinski definition) is 2. The first-order valence-electron chi connectivity index (χ1n) is 5.84. The lowest BCUT2D eigenvalue weighted by molar-refractivity contribution is -0.137. The zero-order valence-corrected chi connectivity index (χ0v) is 11.0. The Kier molecular flexibility index (Phi) is 4.75. The highest BCUT2D eigenvalue weighted by Gasteiger charge is 2.31. The van der Waals surface area contributed by atoms with Crippen LogP contribution in [-0.4, -0.2) is 23.2 Å². The smallest absolute Gasteiger partial charge is 0.387 e. The molecule has 20 heavy (non-hydrogen) atoms. The molecule has 0 fully saturated rings. The number of rotatable bonds is 4. The van der Waals surface area contributed by atoms with Crippen molar-refractivity contribution in [3.63, 3.8) is 0 Å². The maximum absolute atomic E-state index is 13.2. The van der Waals surface area contributed by atoms with E-state index in [1.807, 2.05) is 0 Å². The number of hydrogen-bond donors (Lipinski definition) is 2. The molecule has 112 valence electrons. The summed E-state index contributed by atoms with van der Waals surface area (Å²) in [7, 11) is 0. The van der Waals surface area contributed by atoms with Crippen LogP contribution in [0.3, 0.4) is 0 Å². The molecule has 0 aliphatic carbocycles. The lowest BCUT2D eigenvalue weighted by Crippen LogP contribution is -2.40. The number of amides is 1. The monoisotopic (exact) mass is 293 g/mol. The van der Waals surface area contributed by atoms with Crippen LogP contribution in [0.5, 0.6) is 0 Å². The van der Waals surface area contributed by atoms with Crippen molar-refractivity contribution in [2.45, 2.75) is 31.8 Å². The van der Waals surface area contributed by atoms with Crippen LogP contribution >= 0.6 is 0 Å². The molecule has 1 rings (SSSR count). The van der Waals surface area contributed by atoms with Gasteiger partial charge < -0.3 is 10.4 Å². The molecule has 0 saturated carbocycles. The molecule has 7 heteroatoms. The van der Waals surface area contributed by atoms with E-state index in [0.717, 1.165) is 32.0 Å². The molecule has 1 amide bonds. The van der Waals surface area contributed by atoms with Gasteiger partial charge in [-0.15, -0.1) is 0 Å². The number of carbonyl (C=O) groups is 1. The highest BCUT2D eigenvalue weighted by Crippen LogP contribution is 2.30. The number of aliphatic hydroxyl groups is 1. The molecule has 1 atom stereocenters. The molecule has 0 radical (unpaired) electrons. The average Bonchev–Trinajstić information content (AvgIpc) is 2.33. The molecule has 3 nitrogen and oxygen atoms in total. The third kappa shape index (κ3) is 4.48. The molecule has 1 aromatic rings. The summed E-state index contributed by atoms with van der Waals surface area (Å²) in [6.45, 7) is 1.71. The minimum Gasteiger partial charge on any atom is -0.387 e. The van der Waals surface area contributed by atoms with Crippen LogP contribution in [0.4, 0.5) is 17.6 Å². The molecule has 2 N–H and O–H groups in total. The van der Waals surface area contributed by atoms with Crippen molar-refractivity contribution < 1.29 is 27.5 Å². The van der Waals surface area contributed by atoms with Crippen LogP contribution in [0.1, 0.15) is 31.1 Å². The highest BCUT2D eigenvalue weighted by molar-refractivity contribution is 5.84. The Balaban J connectivity index is 2.74. The summed E-state index contributed by atoms with van der Waals surface area (Å²) in [5.41, 5.74) is -3.02. The van der Waals surface area contributed by atoms with Gasteiger partial charge in [-0.25, -0.2) is 4.39 Å². The highest BCUT2D eigenvalue weighted by atomic mass is 19.4. The minimum absolute atomic E-state index is 0.00297. The molecule has 0 aliphatic heterocycles. The van der Waals surface area contributed by atoms with Gasteiger partial charge in [-0.3, -0.25) is 4.79 Å². The van der Waals surface area contributed by atoms with Crippen molar-refractivity contribution in [3.05, 3.63) is 35.4 Å². The fraction of sp³-hybridized carbons (Fsp3) is 0.462. The summed E-state index contributed by atoms with van der Waals surface area (Å²) in [4.78, 5) is 11.2. The standard InChI is InChI=1S/C13H15F4NO2/c1-12(2,14)11(20)18-7-10(19)8-4-3-5-9(6-8)13(15,16)17/h3-6,10,19H,7H2,1-2H3,(H,18,20). The predicted octanol–water partition coefficient (Wildman–Crippen LogP) is 2.60. The fourth-order valence-electron chi connectivity index (χ4n) is 1.44. The molecule has 0 spiro atoms. The number of carbonyl (C=O) groups excluding carboxylic acids is 1. The van der Waals surface area contributed by atoms with E-state index in [9.17, 15) is 27.5 Å². The second-order valence-corrected chi connectivity index (χ2v) is 4.82. The Morgan fingerprint density at radius 1 is 1.30 bits per heavy atom.